The lowest BCUT2D eigenvalue weighted by Crippen LogP contribution is -2.47. The number of carbonyl (C=O) groups is 3. The number of ether oxygens (including phenoxy) is 6. The summed E-state index contributed by atoms with van der Waals surface area (Å²) >= 11 is 0. The lowest BCUT2D eigenvalue weighted by Gasteiger charge is -2.31. The number of methoxy groups -OCH3 is 3. The summed E-state index contributed by atoms with van der Waals surface area (Å²) in [6.07, 6.45) is -1.68. The fourth-order valence-electron chi connectivity index (χ4n) is 3.68. The maximum atomic E-state index is 12.2. The number of nitrogens with zero attached hydrogens (tertiary/aromatic N) is 2. The molecule has 1 saturated heterocycles. The predicted octanol–water partition coefficient (Wildman–Crippen LogP) is 0.913. The van der Waals surface area contributed by atoms with Crippen LogP contribution in [0.15, 0.2) is 29.2 Å². The quantitative estimate of drug-likeness (QED) is 0.317. The van der Waals surface area contributed by atoms with Crippen molar-refractivity contribution in [1.82, 2.24) is 14.9 Å². The van der Waals surface area contributed by atoms with Crippen LogP contribution in [-0.2, 0) is 30.4 Å². The van der Waals surface area contributed by atoms with E-state index in [0.29, 0.717) is 29.4 Å². The van der Waals surface area contributed by atoms with E-state index in [2.05, 4.69) is 10.3 Å². The highest BCUT2D eigenvalue weighted by molar-refractivity contribution is 5.81. The molecular formula is C24H30N4O11. The van der Waals surface area contributed by atoms with E-state index in [1.807, 2.05) is 5.32 Å². The van der Waals surface area contributed by atoms with Crippen LogP contribution in [0.2, 0.25) is 0 Å². The van der Waals surface area contributed by atoms with Crippen molar-refractivity contribution in [2.45, 2.75) is 31.8 Å². The third-order valence-corrected chi connectivity index (χ3v) is 5.50. The summed E-state index contributed by atoms with van der Waals surface area (Å²) in [4.78, 5) is 50.9. The van der Waals surface area contributed by atoms with Gasteiger partial charge >= 0.3 is 23.7 Å². The standard InChI is InChI=1S/C24H30N4O11/c1-34-16-8-14(9-17(35-2)22(16)36-3)12-37-20(29)4-5-21(30)38-13-15-10-25-11-19(39-15)28-7-6-18(26-23(28)31)27-24(32)33/h6-9,15,19,25H,4-5,10-13H2,1-3H3,(H,32,33)(H,26,27,31)/t15-,19+/m0/s1. The molecule has 0 aliphatic carbocycles. The molecule has 1 amide bonds. The summed E-state index contributed by atoms with van der Waals surface area (Å²) in [5.74, 6) is -0.0728. The van der Waals surface area contributed by atoms with Crippen LogP contribution in [0.4, 0.5) is 10.6 Å². The van der Waals surface area contributed by atoms with E-state index in [1.54, 1.807) is 12.1 Å². The number of benzene rings is 1. The highest BCUT2D eigenvalue weighted by atomic mass is 16.6. The van der Waals surface area contributed by atoms with Crippen molar-refractivity contribution >= 4 is 23.8 Å². The van der Waals surface area contributed by atoms with Gasteiger partial charge in [-0.05, 0) is 23.8 Å². The van der Waals surface area contributed by atoms with Crippen LogP contribution in [0, 0.1) is 0 Å². The SMILES string of the molecule is COc1cc(COC(=O)CCC(=O)OC[C@@H]2CNC[C@H](n3ccc(NC(=O)O)nc3=O)O2)cc(OC)c1OC. The van der Waals surface area contributed by atoms with E-state index in [4.69, 9.17) is 33.5 Å². The second-order valence-corrected chi connectivity index (χ2v) is 8.18. The number of morpholine rings is 1. The third-order valence-electron chi connectivity index (χ3n) is 5.50. The van der Waals surface area contributed by atoms with Crippen molar-refractivity contribution in [2.24, 2.45) is 0 Å². The monoisotopic (exact) mass is 550 g/mol. The molecule has 0 radical (unpaired) electrons. The van der Waals surface area contributed by atoms with Crippen molar-refractivity contribution in [2.75, 3.05) is 46.3 Å². The minimum atomic E-state index is -1.34. The van der Waals surface area contributed by atoms with E-state index in [9.17, 15) is 19.2 Å². The summed E-state index contributed by atoms with van der Waals surface area (Å²) in [7, 11) is 4.43. The molecule has 1 aromatic carbocycles. The molecule has 2 aromatic rings. The van der Waals surface area contributed by atoms with Crippen molar-refractivity contribution in [3.63, 3.8) is 0 Å². The van der Waals surface area contributed by atoms with Crippen LogP contribution in [0.3, 0.4) is 0 Å². The Kier molecular flexibility index (Phi) is 10.5. The highest BCUT2D eigenvalue weighted by Crippen LogP contribution is 2.38. The zero-order valence-electron chi connectivity index (χ0n) is 21.6. The number of carbonyl (C=O) groups excluding carboxylic acids is 2. The smallest absolute Gasteiger partial charge is 0.410 e. The first-order chi connectivity index (χ1) is 18.7. The molecule has 0 saturated carbocycles. The molecule has 212 valence electrons. The van der Waals surface area contributed by atoms with Gasteiger partial charge in [-0.3, -0.25) is 19.5 Å². The third kappa shape index (κ3) is 8.31. The van der Waals surface area contributed by atoms with Gasteiger partial charge in [0.05, 0.1) is 34.2 Å². The van der Waals surface area contributed by atoms with Gasteiger partial charge in [-0.25, -0.2) is 9.59 Å². The first kappa shape index (κ1) is 29.2. The molecule has 3 rings (SSSR count). The van der Waals surface area contributed by atoms with E-state index in [-0.39, 0.29) is 38.4 Å². The molecular weight excluding hydrogens is 520 g/mol. The van der Waals surface area contributed by atoms with E-state index in [1.165, 1.54) is 38.2 Å². The molecule has 2 atom stereocenters. The lowest BCUT2D eigenvalue weighted by molar-refractivity contribution is -0.157. The molecule has 2 heterocycles. The topological polar surface area (TPSA) is 186 Å². The molecule has 39 heavy (non-hydrogen) atoms. The van der Waals surface area contributed by atoms with Crippen molar-refractivity contribution in [3.05, 3.63) is 40.4 Å². The molecule has 1 aliphatic heterocycles. The number of hydrogen-bond donors (Lipinski definition) is 3. The minimum Gasteiger partial charge on any atom is -0.493 e. The zero-order valence-corrected chi connectivity index (χ0v) is 21.6. The summed E-state index contributed by atoms with van der Waals surface area (Å²) < 4.78 is 33.3. The summed E-state index contributed by atoms with van der Waals surface area (Å²) in [6, 6.07) is 4.63. The number of nitrogens with one attached hydrogen (secondary N) is 2. The Hall–Kier alpha value is -4.37. The second-order valence-electron chi connectivity index (χ2n) is 8.18. The van der Waals surface area contributed by atoms with Gasteiger partial charge in [0.1, 0.15) is 25.1 Å². The first-order valence-corrected chi connectivity index (χ1v) is 11.8. The van der Waals surface area contributed by atoms with Gasteiger partial charge in [0, 0.05) is 19.3 Å². The second kappa shape index (κ2) is 14.0. The molecule has 1 aromatic heterocycles. The van der Waals surface area contributed by atoms with Crippen molar-refractivity contribution in [1.29, 1.82) is 0 Å². The number of aromatic nitrogens is 2. The molecule has 0 spiro atoms. The maximum absolute atomic E-state index is 12.2. The van der Waals surface area contributed by atoms with Crippen LogP contribution < -0.4 is 30.5 Å². The van der Waals surface area contributed by atoms with Gasteiger partial charge in [-0.2, -0.15) is 4.98 Å². The number of amides is 1. The summed E-state index contributed by atoms with van der Waals surface area (Å²) in [5.41, 5.74) is -0.102. The fourth-order valence-corrected chi connectivity index (χ4v) is 3.68. The van der Waals surface area contributed by atoms with Crippen LogP contribution in [0.25, 0.3) is 0 Å². The number of carboxylic acid groups (broad SMARTS) is 1. The Balaban J connectivity index is 1.43. The van der Waals surface area contributed by atoms with Crippen molar-refractivity contribution < 1.29 is 47.9 Å². The Morgan fingerprint density at radius 1 is 1.08 bits per heavy atom. The van der Waals surface area contributed by atoms with Crippen LogP contribution in [-0.4, -0.2) is 79.8 Å². The molecule has 0 unspecified atom stereocenters. The largest absolute Gasteiger partial charge is 0.493 e. The lowest BCUT2D eigenvalue weighted by atomic mass is 10.2. The van der Waals surface area contributed by atoms with Gasteiger partial charge in [-0.15, -0.1) is 0 Å². The van der Waals surface area contributed by atoms with Gasteiger partial charge in [0.25, 0.3) is 0 Å². The average Bonchev–Trinajstić information content (AvgIpc) is 2.93. The number of esters is 2. The molecule has 15 nitrogen and oxygen atoms in total. The fraction of sp³-hybridized carbons (Fsp3) is 0.458. The van der Waals surface area contributed by atoms with Crippen molar-refractivity contribution in [3.8, 4) is 17.2 Å². The molecule has 0 bridgehead atoms. The van der Waals surface area contributed by atoms with Gasteiger partial charge < -0.3 is 38.8 Å². The molecule has 3 N–H and O–H groups in total. The van der Waals surface area contributed by atoms with E-state index in [0.717, 1.165) is 0 Å². The molecule has 1 aliphatic rings. The van der Waals surface area contributed by atoms with Crippen LogP contribution in [0.5, 0.6) is 17.2 Å². The Morgan fingerprint density at radius 2 is 1.74 bits per heavy atom. The summed E-state index contributed by atoms with van der Waals surface area (Å²) in [5, 5.41) is 13.8. The van der Waals surface area contributed by atoms with E-state index >= 15 is 0 Å². The first-order valence-electron chi connectivity index (χ1n) is 11.8. The van der Waals surface area contributed by atoms with Crippen LogP contribution >= 0.6 is 0 Å². The van der Waals surface area contributed by atoms with Gasteiger partial charge in [0.15, 0.2) is 17.7 Å². The highest BCUT2D eigenvalue weighted by Gasteiger charge is 2.26. The molecule has 15 heteroatoms. The zero-order chi connectivity index (χ0) is 28.4. The Labute approximate surface area is 222 Å². The van der Waals surface area contributed by atoms with E-state index < -0.39 is 36.1 Å². The average molecular weight is 551 g/mol. The Bertz CT molecular complexity index is 1210. The minimum absolute atomic E-state index is 0.0604. The van der Waals surface area contributed by atoms with Gasteiger partial charge in [0.2, 0.25) is 5.75 Å². The molecule has 1 fully saturated rings. The number of anilines is 1. The normalized spacial score (nSPS) is 16.6. The Morgan fingerprint density at radius 3 is 2.33 bits per heavy atom. The number of hydrogen-bond acceptors (Lipinski definition) is 12. The van der Waals surface area contributed by atoms with Crippen LogP contribution in [0.1, 0.15) is 24.6 Å². The maximum Gasteiger partial charge on any atom is 0.410 e. The van der Waals surface area contributed by atoms with Gasteiger partial charge in [-0.1, -0.05) is 0 Å². The predicted molar refractivity (Wildman–Crippen MR) is 133 cm³/mol. The summed E-state index contributed by atoms with van der Waals surface area (Å²) in [6.45, 7) is 0.482. The number of rotatable bonds is 12.